The van der Waals surface area contributed by atoms with Gasteiger partial charge in [0.05, 0.1) is 11.8 Å². The van der Waals surface area contributed by atoms with Crippen molar-refractivity contribution in [3.05, 3.63) is 70.0 Å². The predicted octanol–water partition coefficient (Wildman–Crippen LogP) is 4.86. The van der Waals surface area contributed by atoms with E-state index >= 15 is 0 Å². The molecule has 4 heteroatoms. The molecule has 2 nitrogen and oxygen atoms in total. The molecule has 0 spiro atoms. The van der Waals surface area contributed by atoms with Crippen molar-refractivity contribution in [2.24, 2.45) is 0 Å². The van der Waals surface area contributed by atoms with Crippen molar-refractivity contribution in [3.63, 3.8) is 0 Å². The van der Waals surface area contributed by atoms with Crippen LogP contribution in [0.3, 0.4) is 0 Å². The lowest BCUT2D eigenvalue weighted by molar-refractivity contribution is -0.119. The van der Waals surface area contributed by atoms with E-state index in [1.54, 1.807) is 12.1 Å². The van der Waals surface area contributed by atoms with Crippen LogP contribution in [-0.2, 0) is 10.5 Å². The summed E-state index contributed by atoms with van der Waals surface area (Å²) in [4.78, 5) is 12.1. The summed E-state index contributed by atoms with van der Waals surface area (Å²) in [6, 6.07) is 10.9. The molecule has 0 fully saturated rings. The third-order valence-electron chi connectivity index (χ3n) is 4.17. The van der Waals surface area contributed by atoms with Gasteiger partial charge < -0.3 is 5.32 Å². The minimum Gasteiger partial charge on any atom is -0.349 e. The minimum absolute atomic E-state index is 0.0264. The van der Waals surface area contributed by atoms with Gasteiger partial charge in [0.2, 0.25) is 5.91 Å². The number of halogens is 1. The van der Waals surface area contributed by atoms with Crippen molar-refractivity contribution in [2.75, 3.05) is 5.75 Å². The number of benzene rings is 2. The van der Waals surface area contributed by atoms with Gasteiger partial charge in [-0.3, -0.25) is 4.79 Å². The molecule has 128 valence electrons. The molecule has 0 saturated carbocycles. The zero-order valence-electron chi connectivity index (χ0n) is 14.7. The molecule has 0 radical (unpaired) electrons. The highest BCUT2D eigenvalue weighted by atomic mass is 32.2. The van der Waals surface area contributed by atoms with Crippen molar-refractivity contribution in [2.45, 2.75) is 39.5 Å². The maximum atomic E-state index is 13.5. The van der Waals surface area contributed by atoms with Crippen molar-refractivity contribution >= 4 is 17.7 Å². The lowest BCUT2D eigenvalue weighted by atomic mass is 9.96. The summed E-state index contributed by atoms with van der Waals surface area (Å²) in [7, 11) is 0. The average molecular weight is 345 g/mol. The molecule has 2 rings (SSSR count). The Bertz CT molecular complexity index is 730. The SMILES string of the molecule is Cc1cc(C)c([C@@H](C)NC(=O)CSCc2ccccc2F)cc1C. The number of hydrogen-bond donors (Lipinski definition) is 1. The lowest BCUT2D eigenvalue weighted by Gasteiger charge is -2.18. The van der Waals surface area contributed by atoms with Gasteiger partial charge in [0.25, 0.3) is 0 Å². The zero-order chi connectivity index (χ0) is 17.7. The summed E-state index contributed by atoms with van der Waals surface area (Å²) in [6.07, 6.45) is 0. The normalized spacial score (nSPS) is 12.0. The molecular formula is C20H24FNOS. The van der Waals surface area contributed by atoms with E-state index in [0.717, 1.165) is 5.56 Å². The fourth-order valence-electron chi connectivity index (χ4n) is 2.68. The van der Waals surface area contributed by atoms with Gasteiger partial charge >= 0.3 is 0 Å². The number of hydrogen-bond acceptors (Lipinski definition) is 2. The Hall–Kier alpha value is -1.81. The molecule has 2 aromatic carbocycles. The fraction of sp³-hybridized carbons (Fsp3) is 0.350. The van der Waals surface area contributed by atoms with Crippen LogP contribution < -0.4 is 5.32 Å². The molecule has 24 heavy (non-hydrogen) atoms. The quantitative estimate of drug-likeness (QED) is 0.810. The Morgan fingerprint density at radius 2 is 1.79 bits per heavy atom. The van der Waals surface area contributed by atoms with Crippen LogP contribution in [0.1, 0.15) is 40.8 Å². The summed E-state index contributed by atoms with van der Waals surface area (Å²) in [5.41, 5.74) is 5.45. The standard InChI is InChI=1S/C20H24FNOS/c1-13-9-15(3)18(10-14(13)2)16(4)22-20(23)12-24-11-17-7-5-6-8-19(17)21/h5-10,16H,11-12H2,1-4H3,(H,22,23)/t16-/m1/s1. The molecule has 0 saturated heterocycles. The average Bonchev–Trinajstić information content (AvgIpc) is 2.52. The number of aryl methyl sites for hydroxylation is 3. The van der Waals surface area contributed by atoms with Crippen LogP contribution in [-0.4, -0.2) is 11.7 Å². The molecule has 0 aliphatic carbocycles. The summed E-state index contributed by atoms with van der Waals surface area (Å²) in [6.45, 7) is 8.24. The van der Waals surface area contributed by atoms with E-state index in [9.17, 15) is 9.18 Å². The number of rotatable bonds is 6. The topological polar surface area (TPSA) is 29.1 Å². The largest absolute Gasteiger partial charge is 0.349 e. The second-order valence-corrected chi connectivity index (χ2v) is 7.15. The number of nitrogens with one attached hydrogen (secondary N) is 1. The predicted molar refractivity (Wildman–Crippen MR) is 99.8 cm³/mol. The van der Waals surface area contributed by atoms with E-state index in [2.05, 4.69) is 38.2 Å². The molecule has 1 atom stereocenters. The van der Waals surface area contributed by atoms with Crippen LogP contribution in [0.25, 0.3) is 0 Å². The van der Waals surface area contributed by atoms with Crippen LogP contribution >= 0.6 is 11.8 Å². The molecule has 2 aromatic rings. The highest BCUT2D eigenvalue weighted by molar-refractivity contribution is 7.99. The second kappa shape index (κ2) is 8.34. The first-order valence-electron chi connectivity index (χ1n) is 8.06. The van der Waals surface area contributed by atoms with Gasteiger partial charge in [0.1, 0.15) is 5.82 Å². The number of amides is 1. The van der Waals surface area contributed by atoms with E-state index in [0.29, 0.717) is 17.1 Å². The van der Waals surface area contributed by atoms with Crippen LogP contribution in [0.2, 0.25) is 0 Å². The van der Waals surface area contributed by atoms with E-state index in [-0.39, 0.29) is 17.8 Å². The molecule has 0 aliphatic heterocycles. The Kier molecular flexibility index (Phi) is 6.44. The second-order valence-electron chi connectivity index (χ2n) is 6.17. The van der Waals surface area contributed by atoms with Gasteiger partial charge in [0, 0.05) is 5.75 Å². The monoisotopic (exact) mass is 345 g/mol. The number of carbonyl (C=O) groups excluding carboxylic acids is 1. The first kappa shape index (κ1) is 18.5. The number of carbonyl (C=O) groups is 1. The molecule has 0 heterocycles. The zero-order valence-corrected chi connectivity index (χ0v) is 15.5. The first-order chi connectivity index (χ1) is 11.4. The molecule has 1 amide bonds. The maximum Gasteiger partial charge on any atom is 0.230 e. The summed E-state index contributed by atoms with van der Waals surface area (Å²) in [5.74, 6) is 0.575. The first-order valence-corrected chi connectivity index (χ1v) is 9.22. The molecule has 0 bridgehead atoms. The van der Waals surface area contributed by atoms with Gasteiger partial charge in [-0.2, -0.15) is 0 Å². The third kappa shape index (κ3) is 4.84. The van der Waals surface area contributed by atoms with Crippen LogP contribution in [0.4, 0.5) is 4.39 Å². The van der Waals surface area contributed by atoms with Crippen molar-refractivity contribution in [3.8, 4) is 0 Å². The van der Waals surface area contributed by atoms with E-state index in [1.807, 2.05) is 13.0 Å². The minimum atomic E-state index is -0.218. The van der Waals surface area contributed by atoms with Crippen molar-refractivity contribution in [1.82, 2.24) is 5.32 Å². The van der Waals surface area contributed by atoms with Gasteiger partial charge in [-0.05, 0) is 61.6 Å². The van der Waals surface area contributed by atoms with Gasteiger partial charge in [-0.1, -0.05) is 30.3 Å². The van der Waals surface area contributed by atoms with Crippen molar-refractivity contribution < 1.29 is 9.18 Å². The summed E-state index contributed by atoms with van der Waals surface area (Å²) in [5, 5.41) is 3.03. The Morgan fingerprint density at radius 1 is 1.12 bits per heavy atom. The summed E-state index contributed by atoms with van der Waals surface area (Å²) < 4.78 is 13.5. The number of thioether (sulfide) groups is 1. The highest BCUT2D eigenvalue weighted by Crippen LogP contribution is 2.22. The van der Waals surface area contributed by atoms with Crippen LogP contribution in [0, 0.1) is 26.6 Å². The fourth-order valence-corrected chi connectivity index (χ4v) is 3.50. The Labute approximate surface area is 147 Å². The lowest BCUT2D eigenvalue weighted by Crippen LogP contribution is -2.28. The molecule has 0 aromatic heterocycles. The van der Waals surface area contributed by atoms with Crippen LogP contribution in [0.5, 0.6) is 0 Å². The Balaban J connectivity index is 1.88. The van der Waals surface area contributed by atoms with E-state index < -0.39 is 0 Å². The smallest absolute Gasteiger partial charge is 0.230 e. The van der Waals surface area contributed by atoms with Crippen LogP contribution in [0.15, 0.2) is 36.4 Å². The molecule has 0 aliphatic rings. The highest BCUT2D eigenvalue weighted by Gasteiger charge is 2.13. The van der Waals surface area contributed by atoms with Crippen molar-refractivity contribution in [1.29, 1.82) is 0 Å². The molecular weight excluding hydrogens is 321 g/mol. The van der Waals surface area contributed by atoms with Gasteiger partial charge in [-0.15, -0.1) is 11.8 Å². The Morgan fingerprint density at radius 3 is 2.50 bits per heavy atom. The van der Waals surface area contributed by atoms with E-state index in [4.69, 9.17) is 0 Å². The van der Waals surface area contributed by atoms with Gasteiger partial charge in [0.15, 0.2) is 0 Å². The van der Waals surface area contributed by atoms with E-state index in [1.165, 1.54) is 34.5 Å². The van der Waals surface area contributed by atoms with Gasteiger partial charge in [-0.25, -0.2) is 4.39 Å². The molecule has 0 unspecified atom stereocenters. The molecule has 1 N–H and O–H groups in total. The third-order valence-corrected chi connectivity index (χ3v) is 5.16. The maximum absolute atomic E-state index is 13.5. The summed E-state index contributed by atoms with van der Waals surface area (Å²) >= 11 is 1.42.